The Kier molecular flexibility index (Phi) is 5.93. The van der Waals surface area contributed by atoms with Crippen molar-refractivity contribution in [3.63, 3.8) is 0 Å². The number of nitrogens with zero attached hydrogens (tertiary/aromatic N) is 1. The van der Waals surface area contributed by atoms with Crippen molar-refractivity contribution in [3.05, 3.63) is 77.0 Å². The minimum absolute atomic E-state index is 0.250. The molecule has 9 heteroatoms. The van der Waals surface area contributed by atoms with Gasteiger partial charge in [-0.3, -0.25) is 23.8 Å². The van der Waals surface area contributed by atoms with E-state index < -0.39 is 17.9 Å². The Morgan fingerprint density at radius 1 is 1.10 bits per heavy atom. The second-order valence-corrected chi connectivity index (χ2v) is 7.78. The van der Waals surface area contributed by atoms with Crippen molar-refractivity contribution in [2.45, 2.75) is 32.0 Å². The second kappa shape index (κ2) is 8.79. The van der Waals surface area contributed by atoms with Crippen molar-refractivity contribution in [3.8, 4) is 0 Å². The normalized spacial score (nSPS) is 18.3. The van der Waals surface area contributed by atoms with Gasteiger partial charge in [-0.1, -0.05) is 36.9 Å². The van der Waals surface area contributed by atoms with Gasteiger partial charge in [0.2, 0.25) is 5.91 Å². The molecule has 0 spiro atoms. The van der Waals surface area contributed by atoms with Crippen LogP contribution < -0.4 is 10.6 Å². The molecule has 8 nitrogen and oxygen atoms in total. The molecule has 1 saturated heterocycles. The van der Waals surface area contributed by atoms with Crippen molar-refractivity contribution >= 4 is 32.1 Å². The molecular weight excluding hydrogens is 417 g/mol. The van der Waals surface area contributed by atoms with E-state index in [1.165, 1.54) is 0 Å². The average molecular weight is 437 g/mol. The molecule has 0 aromatic heterocycles. The van der Waals surface area contributed by atoms with Crippen LogP contribution >= 0.6 is 8.69 Å². The Bertz CT molecular complexity index is 1080. The van der Waals surface area contributed by atoms with Gasteiger partial charge in [0.15, 0.2) is 0 Å². The van der Waals surface area contributed by atoms with Gasteiger partial charge >= 0.3 is 8.69 Å². The Balaban J connectivity index is 1.51. The third-order valence-electron chi connectivity index (χ3n) is 5.37. The monoisotopic (exact) mass is 437 g/mol. The van der Waals surface area contributed by atoms with E-state index in [0.29, 0.717) is 30.8 Å². The molecule has 2 heterocycles. The van der Waals surface area contributed by atoms with Crippen LogP contribution in [-0.2, 0) is 27.0 Å². The molecule has 2 N–H and O–H groups in total. The molecule has 0 saturated carbocycles. The molecule has 0 aliphatic carbocycles. The van der Waals surface area contributed by atoms with E-state index in [4.69, 9.17) is 4.52 Å². The standard InChI is InChI=1S/C22H20N3O5P/c1-13-5-10-18(20(26)24-13)25-21(27)16-3-2-4-17(19(16)22(25)28)23-11-14-6-8-15(9-7-14)12-30-31-29/h2-4,6-9,18,23H,1,5,10-12H2,(H,24,26). The van der Waals surface area contributed by atoms with E-state index in [9.17, 15) is 18.9 Å². The summed E-state index contributed by atoms with van der Waals surface area (Å²) in [6, 6.07) is 11.7. The summed E-state index contributed by atoms with van der Waals surface area (Å²) in [4.78, 5) is 39.5. The van der Waals surface area contributed by atoms with Crippen LogP contribution in [0.2, 0.25) is 0 Å². The van der Waals surface area contributed by atoms with Crippen LogP contribution in [0.25, 0.3) is 0 Å². The zero-order valence-electron chi connectivity index (χ0n) is 16.6. The van der Waals surface area contributed by atoms with E-state index in [1.807, 2.05) is 24.3 Å². The van der Waals surface area contributed by atoms with E-state index in [1.54, 1.807) is 18.2 Å². The highest BCUT2D eigenvalue weighted by Gasteiger charge is 2.44. The van der Waals surface area contributed by atoms with Crippen LogP contribution in [0.15, 0.2) is 54.7 Å². The van der Waals surface area contributed by atoms with Gasteiger partial charge < -0.3 is 10.6 Å². The molecule has 1 atom stereocenters. The number of benzene rings is 2. The summed E-state index contributed by atoms with van der Waals surface area (Å²) in [7, 11) is -0.361. The summed E-state index contributed by atoms with van der Waals surface area (Å²) in [5.74, 6) is -1.32. The minimum Gasteiger partial charge on any atom is -0.380 e. The summed E-state index contributed by atoms with van der Waals surface area (Å²) in [5.41, 5.74) is 3.54. The van der Waals surface area contributed by atoms with E-state index in [0.717, 1.165) is 16.0 Å². The number of piperidine rings is 1. The maximum atomic E-state index is 13.1. The molecule has 1 unspecified atom stereocenters. The van der Waals surface area contributed by atoms with Gasteiger partial charge in [-0.15, -0.1) is 0 Å². The van der Waals surface area contributed by atoms with Gasteiger partial charge in [0, 0.05) is 17.9 Å². The fourth-order valence-corrected chi connectivity index (χ4v) is 4.00. The number of allylic oxidation sites excluding steroid dienone is 1. The predicted octanol–water partition coefficient (Wildman–Crippen LogP) is 3.41. The van der Waals surface area contributed by atoms with Crippen molar-refractivity contribution in [2.24, 2.45) is 0 Å². The zero-order chi connectivity index (χ0) is 22.0. The van der Waals surface area contributed by atoms with Crippen molar-refractivity contribution < 1.29 is 23.5 Å². The number of imide groups is 1. The maximum absolute atomic E-state index is 13.1. The summed E-state index contributed by atoms with van der Waals surface area (Å²) in [6.07, 6.45) is 0.880. The predicted molar refractivity (Wildman–Crippen MR) is 113 cm³/mol. The summed E-state index contributed by atoms with van der Waals surface area (Å²) in [6.45, 7) is 4.42. The molecule has 0 bridgehead atoms. The molecule has 0 radical (unpaired) electrons. The molecule has 2 aliphatic rings. The van der Waals surface area contributed by atoms with Crippen LogP contribution in [-0.4, -0.2) is 28.7 Å². The first-order valence-corrected chi connectivity index (χ1v) is 10.5. The number of carbonyl (C=O) groups excluding carboxylic acids is 3. The highest BCUT2D eigenvalue weighted by molar-refractivity contribution is 7.17. The first-order valence-electron chi connectivity index (χ1n) is 9.75. The molecule has 2 aromatic carbocycles. The maximum Gasteiger partial charge on any atom is 0.327 e. The topological polar surface area (TPSA) is 105 Å². The van der Waals surface area contributed by atoms with Gasteiger partial charge in [0.05, 0.1) is 17.7 Å². The van der Waals surface area contributed by atoms with Crippen molar-refractivity contribution in [2.75, 3.05) is 5.32 Å². The van der Waals surface area contributed by atoms with E-state index in [2.05, 4.69) is 17.2 Å². The summed E-state index contributed by atoms with van der Waals surface area (Å²) in [5, 5.41) is 5.85. The number of hydrogen-bond acceptors (Lipinski definition) is 6. The second-order valence-electron chi connectivity index (χ2n) is 7.37. The Morgan fingerprint density at radius 3 is 2.55 bits per heavy atom. The van der Waals surface area contributed by atoms with Crippen LogP contribution in [0, 0.1) is 0 Å². The van der Waals surface area contributed by atoms with Gasteiger partial charge in [0.25, 0.3) is 11.8 Å². The first kappa shape index (κ1) is 20.9. The molecule has 31 heavy (non-hydrogen) atoms. The number of amides is 3. The summed E-state index contributed by atoms with van der Waals surface area (Å²) < 4.78 is 15.2. The lowest BCUT2D eigenvalue weighted by Gasteiger charge is -2.29. The van der Waals surface area contributed by atoms with Gasteiger partial charge in [-0.25, -0.2) is 4.57 Å². The Hall–Kier alpha value is -3.35. The lowest BCUT2D eigenvalue weighted by molar-refractivity contribution is -0.125. The summed E-state index contributed by atoms with van der Waals surface area (Å²) >= 11 is 0. The molecule has 1 fully saturated rings. The van der Waals surface area contributed by atoms with Crippen molar-refractivity contribution in [1.29, 1.82) is 0 Å². The number of hydrogen-bond donors (Lipinski definition) is 2. The van der Waals surface area contributed by atoms with E-state index >= 15 is 0 Å². The zero-order valence-corrected chi connectivity index (χ0v) is 17.5. The van der Waals surface area contributed by atoms with Gasteiger partial charge in [-0.05, 0) is 36.1 Å². The minimum atomic E-state index is -0.839. The highest BCUT2D eigenvalue weighted by Crippen LogP contribution is 2.33. The number of rotatable bonds is 7. The number of fused-ring (bicyclic) bond motifs is 1. The third-order valence-corrected chi connectivity index (χ3v) is 5.60. The van der Waals surface area contributed by atoms with Crippen LogP contribution in [0.4, 0.5) is 5.69 Å². The third kappa shape index (κ3) is 4.13. The molecule has 2 aromatic rings. The smallest absolute Gasteiger partial charge is 0.327 e. The van der Waals surface area contributed by atoms with E-state index in [-0.39, 0.29) is 32.3 Å². The van der Waals surface area contributed by atoms with Crippen molar-refractivity contribution in [1.82, 2.24) is 10.2 Å². The number of anilines is 1. The Morgan fingerprint density at radius 2 is 1.84 bits per heavy atom. The fraction of sp³-hybridized carbons (Fsp3) is 0.227. The molecule has 2 aliphatic heterocycles. The molecule has 4 rings (SSSR count). The average Bonchev–Trinajstić information content (AvgIpc) is 3.02. The van der Waals surface area contributed by atoms with Gasteiger partial charge in [-0.2, -0.15) is 0 Å². The number of nitrogens with one attached hydrogen (secondary N) is 2. The molecule has 3 amide bonds. The molecule has 158 valence electrons. The van der Waals surface area contributed by atoms with Crippen LogP contribution in [0.3, 0.4) is 0 Å². The SMILES string of the molecule is C=C1CCC(N2C(=O)c3cccc(NCc4ccc(COP=O)cc4)c3C2=O)C(=O)N1. The quantitative estimate of drug-likeness (QED) is 0.508. The largest absolute Gasteiger partial charge is 0.380 e. The molecular formula is C22H20N3O5P. The first-order chi connectivity index (χ1) is 15.0. The van der Waals surface area contributed by atoms with Crippen LogP contribution in [0.1, 0.15) is 44.7 Å². The Labute approximate surface area is 180 Å². The van der Waals surface area contributed by atoms with Crippen LogP contribution in [0.5, 0.6) is 0 Å². The van der Waals surface area contributed by atoms with Gasteiger partial charge in [0.1, 0.15) is 6.04 Å². The lowest BCUT2D eigenvalue weighted by atomic mass is 10.0. The fourth-order valence-electron chi connectivity index (χ4n) is 3.79. The lowest BCUT2D eigenvalue weighted by Crippen LogP contribution is -2.51. The number of carbonyl (C=O) groups is 3. The highest BCUT2D eigenvalue weighted by atomic mass is 31.1.